The van der Waals surface area contributed by atoms with Gasteiger partial charge in [0.2, 0.25) is 5.79 Å². The van der Waals surface area contributed by atoms with Gasteiger partial charge in [-0.1, -0.05) is 0 Å². The Bertz CT molecular complexity index is 373. The van der Waals surface area contributed by atoms with Crippen LogP contribution in [0.1, 0.15) is 13.8 Å². The van der Waals surface area contributed by atoms with E-state index in [1.165, 1.54) is 19.3 Å². The van der Waals surface area contributed by atoms with Crippen LogP contribution in [-0.2, 0) is 19.0 Å². The zero-order chi connectivity index (χ0) is 13.8. The predicted molar refractivity (Wildman–Crippen MR) is 62.8 cm³/mol. The first-order valence-electron chi connectivity index (χ1n) is 5.68. The van der Waals surface area contributed by atoms with Crippen LogP contribution in [0, 0.1) is 0 Å². The molecule has 0 aromatic rings. The first-order chi connectivity index (χ1) is 8.50. The molecule has 0 fully saturated rings. The summed E-state index contributed by atoms with van der Waals surface area (Å²) >= 11 is 0. The first kappa shape index (κ1) is 14.7. The van der Waals surface area contributed by atoms with Gasteiger partial charge in [-0.05, 0) is 19.9 Å². The Morgan fingerprint density at radius 3 is 2.56 bits per heavy atom. The molecular formula is C12H18O6. The van der Waals surface area contributed by atoms with E-state index in [1.807, 2.05) is 0 Å². The molecule has 2 atom stereocenters. The number of carbonyl (C=O) groups is 1. The van der Waals surface area contributed by atoms with Gasteiger partial charge in [0.05, 0.1) is 12.2 Å². The molecule has 0 aromatic carbocycles. The maximum atomic E-state index is 11.1. The number of aliphatic hydroxyl groups is 1. The number of methoxy groups -OCH3 is 1. The zero-order valence-corrected chi connectivity index (χ0v) is 10.7. The van der Waals surface area contributed by atoms with Gasteiger partial charge in [-0.15, -0.1) is 0 Å². The number of ether oxygens (including phenoxy) is 3. The topological polar surface area (TPSA) is 85.2 Å². The summed E-state index contributed by atoms with van der Waals surface area (Å²) in [5.41, 5.74) is -0.226. The second-order valence-electron chi connectivity index (χ2n) is 3.65. The number of hydrogen-bond donors (Lipinski definition) is 2. The van der Waals surface area contributed by atoms with Crippen LogP contribution in [0.3, 0.4) is 0 Å². The number of allylic oxidation sites excluding steroid dienone is 1. The molecule has 6 nitrogen and oxygen atoms in total. The van der Waals surface area contributed by atoms with E-state index in [9.17, 15) is 9.90 Å². The van der Waals surface area contributed by atoms with E-state index in [0.29, 0.717) is 12.4 Å². The Balaban J connectivity index is 3.19. The minimum atomic E-state index is -1.53. The molecule has 0 amide bonds. The summed E-state index contributed by atoms with van der Waals surface area (Å²) in [6.07, 6.45) is 1.30. The molecule has 1 aliphatic carbocycles. The van der Waals surface area contributed by atoms with Crippen molar-refractivity contribution < 1.29 is 29.2 Å². The minimum Gasteiger partial charge on any atom is -0.494 e. The van der Waals surface area contributed by atoms with E-state index in [2.05, 4.69) is 0 Å². The molecule has 0 heterocycles. The number of rotatable bonds is 6. The Morgan fingerprint density at radius 1 is 1.44 bits per heavy atom. The molecule has 1 aliphatic rings. The summed E-state index contributed by atoms with van der Waals surface area (Å²) in [6, 6.07) is 0. The van der Waals surface area contributed by atoms with Gasteiger partial charge >= 0.3 is 5.97 Å². The summed E-state index contributed by atoms with van der Waals surface area (Å²) in [6.45, 7) is 4.13. The largest absolute Gasteiger partial charge is 0.494 e. The Hall–Kier alpha value is -1.37. The fourth-order valence-electron chi connectivity index (χ4n) is 1.77. The highest BCUT2D eigenvalue weighted by Gasteiger charge is 2.45. The fourth-order valence-corrected chi connectivity index (χ4v) is 1.77. The second kappa shape index (κ2) is 5.99. The van der Waals surface area contributed by atoms with Crippen molar-refractivity contribution in [2.75, 3.05) is 20.3 Å². The highest BCUT2D eigenvalue weighted by atomic mass is 16.7. The summed E-state index contributed by atoms with van der Waals surface area (Å²) in [4.78, 5) is 11.1. The van der Waals surface area contributed by atoms with Crippen molar-refractivity contribution in [3.63, 3.8) is 0 Å². The molecule has 2 unspecified atom stereocenters. The molecule has 0 spiro atoms. The molecule has 0 radical (unpaired) electrons. The van der Waals surface area contributed by atoms with Crippen LogP contribution >= 0.6 is 0 Å². The van der Waals surface area contributed by atoms with Gasteiger partial charge in [0.15, 0.2) is 0 Å². The lowest BCUT2D eigenvalue weighted by Crippen LogP contribution is -2.49. The number of aliphatic hydroxyl groups excluding tert-OH is 1. The van der Waals surface area contributed by atoms with Crippen LogP contribution in [-0.4, -0.2) is 48.4 Å². The second-order valence-corrected chi connectivity index (χ2v) is 3.65. The molecule has 1 rings (SSSR count). The van der Waals surface area contributed by atoms with Crippen LogP contribution in [0.2, 0.25) is 0 Å². The maximum absolute atomic E-state index is 11.1. The zero-order valence-electron chi connectivity index (χ0n) is 10.7. The molecule has 102 valence electrons. The number of hydrogen-bond acceptors (Lipinski definition) is 5. The van der Waals surface area contributed by atoms with Gasteiger partial charge in [0, 0.05) is 19.8 Å². The van der Waals surface area contributed by atoms with Crippen molar-refractivity contribution in [2.45, 2.75) is 25.7 Å². The minimum absolute atomic E-state index is 0.226. The summed E-state index contributed by atoms with van der Waals surface area (Å²) in [5.74, 6) is -2.47. The summed E-state index contributed by atoms with van der Waals surface area (Å²) in [7, 11) is 1.34. The lowest BCUT2D eigenvalue weighted by molar-refractivity contribution is -0.232. The molecular weight excluding hydrogens is 240 g/mol. The average Bonchev–Trinajstić information content (AvgIpc) is 2.33. The van der Waals surface area contributed by atoms with Crippen molar-refractivity contribution in [1.29, 1.82) is 0 Å². The maximum Gasteiger partial charge on any atom is 0.334 e. The van der Waals surface area contributed by atoms with Gasteiger partial charge in [-0.25, -0.2) is 4.79 Å². The van der Waals surface area contributed by atoms with Gasteiger partial charge in [0.25, 0.3) is 0 Å². The Kier molecular flexibility index (Phi) is 4.89. The standard InChI is InChI=1S/C12H18O6/c1-4-17-8-6-9(11(14)15)10(13)12(7-8,16-3)18-5-2/h6-7,10,13H,4-5H2,1-3H3,(H,14,15). The highest BCUT2D eigenvalue weighted by Crippen LogP contribution is 2.31. The number of carboxylic acids is 1. The normalized spacial score (nSPS) is 27.4. The summed E-state index contributed by atoms with van der Waals surface area (Å²) < 4.78 is 15.8. The summed E-state index contributed by atoms with van der Waals surface area (Å²) in [5, 5.41) is 19.1. The smallest absolute Gasteiger partial charge is 0.334 e. The number of aliphatic carboxylic acids is 1. The van der Waals surface area contributed by atoms with Crippen molar-refractivity contribution >= 4 is 5.97 Å². The van der Waals surface area contributed by atoms with Crippen molar-refractivity contribution in [3.8, 4) is 0 Å². The van der Waals surface area contributed by atoms with Crippen LogP contribution in [0.4, 0.5) is 0 Å². The van der Waals surface area contributed by atoms with E-state index >= 15 is 0 Å². The van der Waals surface area contributed by atoms with Gasteiger partial charge in [-0.2, -0.15) is 0 Å². The van der Waals surface area contributed by atoms with Crippen LogP contribution in [0.5, 0.6) is 0 Å². The number of carboxylic acid groups (broad SMARTS) is 1. The van der Waals surface area contributed by atoms with Crippen LogP contribution in [0.15, 0.2) is 23.5 Å². The molecule has 0 bridgehead atoms. The molecule has 0 saturated carbocycles. The predicted octanol–water partition coefficient (Wildman–Crippen LogP) is 0.671. The third-order valence-corrected chi connectivity index (χ3v) is 2.56. The van der Waals surface area contributed by atoms with E-state index in [0.717, 1.165) is 0 Å². The lowest BCUT2D eigenvalue weighted by atomic mass is 9.94. The monoisotopic (exact) mass is 258 g/mol. The van der Waals surface area contributed by atoms with Crippen molar-refractivity contribution in [2.24, 2.45) is 0 Å². The highest BCUT2D eigenvalue weighted by molar-refractivity contribution is 5.89. The molecule has 2 N–H and O–H groups in total. The van der Waals surface area contributed by atoms with E-state index in [-0.39, 0.29) is 12.2 Å². The van der Waals surface area contributed by atoms with Crippen molar-refractivity contribution in [1.82, 2.24) is 0 Å². The SMILES string of the molecule is CCOC1=CC(OC)(OCC)C(O)C(C(=O)O)=C1. The van der Waals surface area contributed by atoms with Crippen LogP contribution < -0.4 is 0 Å². The molecule has 0 aromatic heterocycles. The van der Waals surface area contributed by atoms with Gasteiger partial charge < -0.3 is 24.4 Å². The molecule has 6 heteroatoms. The van der Waals surface area contributed by atoms with Gasteiger partial charge in [-0.3, -0.25) is 0 Å². The van der Waals surface area contributed by atoms with E-state index in [4.69, 9.17) is 19.3 Å². The molecule has 0 aliphatic heterocycles. The third-order valence-electron chi connectivity index (χ3n) is 2.56. The Labute approximate surface area is 105 Å². The van der Waals surface area contributed by atoms with Crippen LogP contribution in [0.25, 0.3) is 0 Å². The first-order valence-corrected chi connectivity index (χ1v) is 5.68. The molecule has 18 heavy (non-hydrogen) atoms. The third kappa shape index (κ3) is 2.72. The van der Waals surface area contributed by atoms with Gasteiger partial charge in [0.1, 0.15) is 11.9 Å². The molecule has 0 saturated heterocycles. The van der Waals surface area contributed by atoms with Crippen molar-refractivity contribution in [3.05, 3.63) is 23.5 Å². The average molecular weight is 258 g/mol. The van der Waals surface area contributed by atoms with E-state index in [1.54, 1.807) is 13.8 Å². The Morgan fingerprint density at radius 2 is 2.11 bits per heavy atom. The lowest BCUT2D eigenvalue weighted by Gasteiger charge is -2.36. The van der Waals surface area contributed by atoms with E-state index < -0.39 is 17.9 Å². The quantitative estimate of drug-likeness (QED) is 0.681. The fraction of sp³-hybridized carbons (Fsp3) is 0.583.